The first-order valence-corrected chi connectivity index (χ1v) is 8.66. The van der Waals surface area contributed by atoms with Crippen LogP contribution in [0.2, 0.25) is 0 Å². The van der Waals surface area contributed by atoms with Crippen LogP contribution in [-0.2, 0) is 23.8 Å². The van der Waals surface area contributed by atoms with Crippen LogP contribution in [0.5, 0.6) is 0 Å². The number of benzene rings is 1. The predicted molar refractivity (Wildman–Crippen MR) is 91.9 cm³/mol. The first-order chi connectivity index (χ1) is 11.8. The summed E-state index contributed by atoms with van der Waals surface area (Å²) in [5, 5.41) is 0. The molecule has 25 heavy (non-hydrogen) atoms. The van der Waals surface area contributed by atoms with Crippen LogP contribution in [-0.4, -0.2) is 35.9 Å². The third-order valence-corrected chi connectivity index (χ3v) is 4.66. The van der Waals surface area contributed by atoms with Crippen molar-refractivity contribution in [2.45, 2.75) is 64.1 Å². The van der Waals surface area contributed by atoms with Crippen LogP contribution in [0.4, 0.5) is 0 Å². The van der Waals surface area contributed by atoms with Gasteiger partial charge in [-0.15, -0.1) is 0 Å². The number of Topliss-reactive ketones (excluding diaryl/α,β-unsaturated/α-hetero) is 1. The summed E-state index contributed by atoms with van der Waals surface area (Å²) in [5.41, 5.74) is 1.42. The zero-order valence-corrected chi connectivity index (χ0v) is 15.0. The van der Waals surface area contributed by atoms with Crippen molar-refractivity contribution in [3.8, 4) is 0 Å². The van der Waals surface area contributed by atoms with Crippen molar-refractivity contribution < 1.29 is 23.8 Å². The number of fused-ring (bicyclic) bond motifs is 1. The Morgan fingerprint density at radius 3 is 2.56 bits per heavy atom. The van der Waals surface area contributed by atoms with E-state index in [0.717, 1.165) is 5.56 Å². The molecule has 1 aliphatic heterocycles. The molecular weight excluding hydrogens is 320 g/mol. The minimum absolute atomic E-state index is 0.223. The summed E-state index contributed by atoms with van der Waals surface area (Å²) < 4.78 is 17.3. The molecule has 1 aliphatic carbocycles. The molecule has 0 unspecified atom stereocenters. The molecule has 5 nitrogen and oxygen atoms in total. The van der Waals surface area contributed by atoms with Gasteiger partial charge in [0.1, 0.15) is 12.2 Å². The SMILES string of the molecule is CC[C@H](C(=O)O[C@H]1C(=O)C(C)=C[C@H]2OC(C)(C)O[C@H]21)c1ccccc1. The fourth-order valence-corrected chi connectivity index (χ4v) is 3.43. The summed E-state index contributed by atoms with van der Waals surface area (Å²) in [6, 6.07) is 9.46. The molecule has 1 heterocycles. The van der Waals surface area contributed by atoms with E-state index in [1.165, 1.54) is 0 Å². The quantitative estimate of drug-likeness (QED) is 0.785. The second-order valence-electron chi connectivity index (χ2n) is 7.01. The highest BCUT2D eigenvalue weighted by atomic mass is 16.8. The van der Waals surface area contributed by atoms with Gasteiger partial charge in [0.25, 0.3) is 0 Å². The Morgan fingerprint density at radius 2 is 1.92 bits per heavy atom. The monoisotopic (exact) mass is 344 g/mol. The maximum atomic E-state index is 12.8. The number of hydrogen-bond acceptors (Lipinski definition) is 5. The fraction of sp³-hybridized carbons (Fsp3) is 0.500. The Balaban J connectivity index is 1.82. The second kappa shape index (κ2) is 6.73. The summed E-state index contributed by atoms with van der Waals surface area (Å²) in [7, 11) is 0. The highest BCUT2D eigenvalue weighted by Crippen LogP contribution is 2.36. The van der Waals surface area contributed by atoms with E-state index >= 15 is 0 Å². The lowest BCUT2D eigenvalue weighted by Crippen LogP contribution is -2.47. The fourth-order valence-electron chi connectivity index (χ4n) is 3.43. The minimum atomic E-state index is -0.970. The molecule has 0 radical (unpaired) electrons. The topological polar surface area (TPSA) is 61.8 Å². The molecule has 134 valence electrons. The van der Waals surface area contributed by atoms with Crippen molar-refractivity contribution in [3.63, 3.8) is 0 Å². The molecule has 1 fully saturated rings. The molecule has 0 spiro atoms. The largest absolute Gasteiger partial charge is 0.451 e. The van der Waals surface area contributed by atoms with Gasteiger partial charge in [-0.05, 0) is 44.4 Å². The van der Waals surface area contributed by atoms with Crippen molar-refractivity contribution in [1.82, 2.24) is 0 Å². The number of carbonyl (C=O) groups excluding carboxylic acids is 2. The molecule has 2 aliphatic rings. The molecular formula is C20H24O5. The zero-order chi connectivity index (χ0) is 18.2. The average molecular weight is 344 g/mol. The summed E-state index contributed by atoms with van der Waals surface area (Å²) in [6.07, 6.45) is 0.378. The van der Waals surface area contributed by atoms with Crippen LogP contribution < -0.4 is 0 Å². The maximum Gasteiger partial charge on any atom is 0.314 e. The molecule has 0 N–H and O–H groups in total. The van der Waals surface area contributed by atoms with Crippen LogP contribution in [0.15, 0.2) is 42.0 Å². The van der Waals surface area contributed by atoms with Crippen molar-refractivity contribution in [2.24, 2.45) is 0 Å². The highest BCUT2D eigenvalue weighted by molar-refractivity contribution is 6.01. The normalized spacial score (nSPS) is 28.9. The lowest BCUT2D eigenvalue weighted by molar-refractivity contribution is -0.174. The zero-order valence-electron chi connectivity index (χ0n) is 15.0. The average Bonchev–Trinajstić information content (AvgIpc) is 2.87. The molecule has 4 atom stereocenters. The number of ketones is 1. The molecule has 0 saturated carbocycles. The van der Waals surface area contributed by atoms with Gasteiger partial charge >= 0.3 is 5.97 Å². The van der Waals surface area contributed by atoms with Gasteiger partial charge in [0, 0.05) is 0 Å². The molecule has 5 heteroatoms. The first-order valence-electron chi connectivity index (χ1n) is 8.66. The van der Waals surface area contributed by atoms with E-state index in [0.29, 0.717) is 12.0 Å². The van der Waals surface area contributed by atoms with Crippen LogP contribution >= 0.6 is 0 Å². The van der Waals surface area contributed by atoms with E-state index in [1.54, 1.807) is 26.8 Å². The second-order valence-corrected chi connectivity index (χ2v) is 7.01. The van der Waals surface area contributed by atoms with E-state index in [-0.39, 0.29) is 11.9 Å². The molecule has 3 rings (SSSR count). The van der Waals surface area contributed by atoms with E-state index in [1.807, 2.05) is 37.3 Å². The molecule has 1 aromatic rings. The third kappa shape index (κ3) is 3.53. The number of carbonyl (C=O) groups is 2. The van der Waals surface area contributed by atoms with E-state index in [9.17, 15) is 9.59 Å². The molecule has 0 amide bonds. The smallest absolute Gasteiger partial charge is 0.314 e. The van der Waals surface area contributed by atoms with Crippen LogP contribution in [0.25, 0.3) is 0 Å². The Morgan fingerprint density at radius 1 is 1.24 bits per heavy atom. The van der Waals surface area contributed by atoms with Gasteiger partial charge in [0.15, 0.2) is 11.9 Å². The van der Waals surface area contributed by atoms with Crippen molar-refractivity contribution in [1.29, 1.82) is 0 Å². The number of rotatable bonds is 4. The van der Waals surface area contributed by atoms with Gasteiger partial charge in [-0.1, -0.05) is 37.3 Å². The Kier molecular flexibility index (Phi) is 4.80. The van der Waals surface area contributed by atoms with Gasteiger partial charge in [0.05, 0.1) is 5.92 Å². The summed E-state index contributed by atoms with van der Waals surface area (Å²) >= 11 is 0. The minimum Gasteiger partial charge on any atom is -0.451 e. The standard InChI is InChI=1S/C20H24O5/c1-5-14(13-9-7-6-8-10-13)19(22)23-18-16(21)12(2)11-15-17(18)25-20(3,4)24-15/h6-11,14-15,17-18H,5H2,1-4H3/t14-,15+,17+,18-/m0/s1. The van der Waals surface area contributed by atoms with Crippen LogP contribution in [0.3, 0.4) is 0 Å². The van der Waals surface area contributed by atoms with Crippen molar-refractivity contribution in [2.75, 3.05) is 0 Å². The van der Waals surface area contributed by atoms with Gasteiger partial charge in [-0.3, -0.25) is 9.59 Å². The number of ether oxygens (including phenoxy) is 3. The van der Waals surface area contributed by atoms with E-state index in [4.69, 9.17) is 14.2 Å². The van der Waals surface area contributed by atoms with E-state index in [2.05, 4.69) is 0 Å². The van der Waals surface area contributed by atoms with Gasteiger partial charge in [0.2, 0.25) is 5.78 Å². The Labute approximate surface area is 148 Å². The predicted octanol–water partition coefficient (Wildman–Crippen LogP) is 3.14. The van der Waals surface area contributed by atoms with Crippen molar-refractivity contribution in [3.05, 3.63) is 47.5 Å². The lowest BCUT2D eigenvalue weighted by atomic mass is 9.91. The third-order valence-electron chi connectivity index (χ3n) is 4.66. The molecule has 0 bridgehead atoms. The van der Waals surface area contributed by atoms with Crippen LogP contribution in [0, 0.1) is 0 Å². The highest BCUT2D eigenvalue weighted by Gasteiger charge is 2.51. The summed E-state index contributed by atoms with van der Waals surface area (Å²) in [5.74, 6) is -1.85. The Hall–Kier alpha value is -1.98. The van der Waals surface area contributed by atoms with Gasteiger partial charge < -0.3 is 14.2 Å². The number of esters is 1. The van der Waals surface area contributed by atoms with E-state index < -0.39 is 29.9 Å². The summed E-state index contributed by atoms with van der Waals surface area (Å²) in [6.45, 7) is 7.21. The Bertz CT molecular complexity index is 691. The molecule has 1 saturated heterocycles. The number of hydrogen-bond donors (Lipinski definition) is 0. The van der Waals surface area contributed by atoms with Gasteiger partial charge in [-0.2, -0.15) is 0 Å². The summed E-state index contributed by atoms with van der Waals surface area (Å²) in [4.78, 5) is 25.3. The van der Waals surface area contributed by atoms with Gasteiger partial charge in [-0.25, -0.2) is 0 Å². The maximum absolute atomic E-state index is 12.8. The van der Waals surface area contributed by atoms with Crippen molar-refractivity contribution >= 4 is 11.8 Å². The van der Waals surface area contributed by atoms with Crippen LogP contribution in [0.1, 0.15) is 45.6 Å². The first kappa shape index (κ1) is 17.8. The molecule has 0 aromatic heterocycles. The lowest BCUT2D eigenvalue weighted by Gasteiger charge is -2.29. The molecule has 1 aromatic carbocycles.